The summed E-state index contributed by atoms with van der Waals surface area (Å²) in [5, 5.41) is 115. The molecule has 11 N–H and O–H groups in total. The monoisotopic (exact) mass is 916 g/mol. The minimum atomic E-state index is -1.70. The lowest BCUT2D eigenvalue weighted by Crippen LogP contribution is -2.64. The molecule has 0 spiro atoms. The van der Waals surface area contributed by atoms with Gasteiger partial charge in [0.1, 0.15) is 72.9 Å². The van der Waals surface area contributed by atoms with Gasteiger partial charge in [-0.1, -0.05) is 39.3 Å². The van der Waals surface area contributed by atoms with Crippen LogP contribution < -0.4 is 0 Å². The molecule has 4 aliphatic heterocycles. The van der Waals surface area contributed by atoms with E-state index in [9.17, 15) is 61.0 Å². The molecule has 0 bridgehead atoms. The Kier molecular flexibility index (Phi) is 14.2. The Hall–Kier alpha value is -1.31. The molecule has 0 aromatic carbocycles. The van der Waals surface area contributed by atoms with Gasteiger partial charge in [-0.2, -0.15) is 0 Å². The van der Waals surface area contributed by atoms with Crippen LogP contribution in [0.4, 0.5) is 0 Å². The summed E-state index contributed by atoms with van der Waals surface area (Å²) >= 11 is 0. The topological polar surface area (TPSA) is 304 Å². The first-order valence-corrected chi connectivity index (χ1v) is 23.4. The molecule has 4 heterocycles. The minimum Gasteiger partial charge on any atom is -0.394 e. The van der Waals surface area contributed by atoms with Gasteiger partial charge in [0.2, 0.25) is 0 Å². The normalized spacial score (nSPS) is 54.4. The van der Waals surface area contributed by atoms with E-state index in [1.54, 1.807) is 6.92 Å². The van der Waals surface area contributed by atoms with E-state index in [1.807, 2.05) is 13.8 Å². The molecule has 7 fully saturated rings. The third-order valence-corrected chi connectivity index (χ3v) is 17.2. The zero-order chi connectivity index (χ0) is 46.4. The van der Waals surface area contributed by atoms with Gasteiger partial charge in [0.15, 0.2) is 24.7 Å². The van der Waals surface area contributed by atoms with Gasteiger partial charge in [0, 0.05) is 30.1 Å². The molecule has 8 rings (SSSR count). The van der Waals surface area contributed by atoms with Crippen molar-refractivity contribution in [2.24, 2.45) is 46.3 Å². The summed E-state index contributed by atoms with van der Waals surface area (Å²) < 4.78 is 41.4. The van der Waals surface area contributed by atoms with Crippen molar-refractivity contribution in [1.29, 1.82) is 0 Å². The second-order valence-electron chi connectivity index (χ2n) is 20.9. The van der Waals surface area contributed by atoms with E-state index in [4.69, 9.17) is 33.2 Å². The van der Waals surface area contributed by atoms with Crippen molar-refractivity contribution in [3.05, 3.63) is 11.6 Å². The molecule has 0 amide bonds. The van der Waals surface area contributed by atoms with Crippen molar-refractivity contribution in [2.45, 2.75) is 196 Å². The molecule has 4 aliphatic carbocycles. The first-order valence-electron chi connectivity index (χ1n) is 23.4. The Balaban J connectivity index is 0.861. The van der Waals surface area contributed by atoms with Crippen LogP contribution >= 0.6 is 0 Å². The average molecular weight is 917 g/mol. The standard InChI is InChI=1S/C45H72O19/c1-18(17-58-40-36(54)33(51)31(49)27(15-46)61-40)8-11-45(57)19(2)30-26(64-45)13-25-23-7-6-21-12-22(9-10-43(21,4)24(23)14-29(48)44(25,30)5)60-41-38(56)35(53)39(20(3)59-41)63-42-37(55)34(52)32(50)28(16-47)62-42/h6,18-20,22-28,30-42,46-47,49-57H,7-17H2,1-5H3/t18-,19+,20-,22+,23-,24+,25+,26+,27-,28-,30+,31-,32-,33+,34+,35+,36-,37-,38-,39-,40-,41+,42+,43+,44-,45-/m1/s1. The maximum Gasteiger partial charge on any atom is 0.187 e. The van der Waals surface area contributed by atoms with Crippen molar-refractivity contribution >= 4 is 5.78 Å². The van der Waals surface area contributed by atoms with Gasteiger partial charge >= 0.3 is 0 Å². The van der Waals surface area contributed by atoms with Crippen molar-refractivity contribution in [3.63, 3.8) is 0 Å². The van der Waals surface area contributed by atoms with E-state index in [0.29, 0.717) is 38.5 Å². The number of carbonyl (C=O) groups excluding carboxylic acids is 1. The van der Waals surface area contributed by atoms with Crippen molar-refractivity contribution < 1.29 is 94.1 Å². The van der Waals surface area contributed by atoms with Crippen LogP contribution in [0.25, 0.3) is 0 Å². The largest absolute Gasteiger partial charge is 0.394 e. The van der Waals surface area contributed by atoms with Gasteiger partial charge < -0.3 is 89.3 Å². The third kappa shape index (κ3) is 8.27. The summed E-state index contributed by atoms with van der Waals surface area (Å²) in [6, 6.07) is 0. The SMILES string of the molecule is C[C@H](CC[C@@]1(O)O[C@H]2C[C@H]3[C@@H]4CC=C5C[C@@H](O[C@@H]6O[C@H](C)[C@@H](O[C@@H]7O[C@H](CO)[C@@H](O)[C@H](O)[C@H]7O)[C@@H](O)[C@H]6O)CC[C@]5(C)[C@H]4CC(=O)[C@]3(C)[C@H]2[C@@H]1C)CO[C@@H]1O[C@H](CO)[C@@H](O)[C@H](O)[C@H]1O. The Morgan fingerprint density at radius 1 is 0.781 bits per heavy atom. The maximum atomic E-state index is 14.6. The molecule has 64 heavy (non-hydrogen) atoms. The zero-order valence-electron chi connectivity index (χ0n) is 37.3. The third-order valence-electron chi connectivity index (χ3n) is 17.2. The van der Waals surface area contributed by atoms with Gasteiger partial charge in [0.25, 0.3) is 0 Å². The summed E-state index contributed by atoms with van der Waals surface area (Å²) in [6.07, 6.45) is -14.6. The second kappa shape index (κ2) is 18.5. The molecule has 0 aromatic heterocycles. The molecule has 8 aliphatic rings. The van der Waals surface area contributed by atoms with E-state index in [-0.39, 0.29) is 65.5 Å². The number of allylic oxidation sites excluding steroid dienone is 1. The quantitative estimate of drug-likeness (QED) is 0.0978. The lowest BCUT2D eigenvalue weighted by atomic mass is 9.46. The minimum absolute atomic E-state index is 0.0714. The molecule has 3 saturated carbocycles. The first kappa shape index (κ1) is 49.1. The number of carbonyl (C=O) groups is 1. The van der Waals surface area contributed by atoms with Gasteiger partial charge in [-0.05, 0) is 74.5 Å². The van der Waals surface area contributed by atoms with Crippen LogP contribution in [0.15, 0.2) is 11.6 Å². The Morgan fingerprint density at radius 2 is 1.39 bits per heavy atom. The molecule has 0 aromatic rings. The summed E-state index contributed by atoms with van der Waals surface area (Å²) in [7, 11) is 0. The van der Waals surface area contributed by atoms with Crippen molar-refractivity contribution in [1.82, 2.24) is 0 Å². The van der Waals surface area contributed by atoms with E-state index in [0.717, 1.165) is 12.8 Å². The van der Waals surface area contributed by atoms with Crippen LogP contribution in [0.1, 0.15) is 86.0 Å². The fraction of sp³-hybridized carbons (Fsp3) is 0.933. The van der Waals surface area contributed by atoms with Gasteiger partial charge in [0.05, 0.1) is 38.1 Å². The van der Waals surface area contributed by atoms with E-state index in [1.165, 1.54) is 5.57 Å². The fourth-order valence-corrected chi connectivity index (χ4v) is 13.2. The molecule has 0 unspecified atom stereocenters. The molecule has 19 heteroatoms. The molecule has 0 radical (unpaired) electrons. The first-order chi connectivity index (χ1) is 30.2. The molecule has 26 atom stereocenters. The van der Waals surface area contributed by atoms with E-state index >= 15 is 0 Å². The number of fused-ring (bicyclic) bond motifs is 7. The van der Waals surface area contributed by atoms with Crippen LogP contribution in [-0.4, -0.2) is 192 Å². The highest BCUT2D eigenvalue weighted by molar-refractivity contribution is 5.87. The number of ketones is 1. The molecule has 366 valence electrons. The van der Waals surface area contributed by atoms with Crippen LogP contribution in [0.5, 0.6) is 0 Å². The van der Waals surface area contributed by atoms with Crippen LogP contribution in [0, 0.1) is 46.3 Å². The number of Topliss-reactive ketones (excluding diaryl/α,β-unsaturated/α-hetero) is 1. The zero-order valence-corrected chi connectivity index (χ0v) is 37.3. The predicted molar refractivity (Wildman–Crippen MR) is 218 cm³/mol. The van der Waals surface area contributed by atoms with Crippen LogP contribution in [-0.2, 0) is 38.0 Å². The number of hydrogen-bond acceptors (Lipinski definition) is 19. The number of ether oxygens (including phenoxy) is 7. The van der Waals surface area contributed by atoms with E-state index < -0.39 is 117 Å². The van der Waals surface area contributed by atoms with Gasteiger partial charge in [-0.25, -0.2) is 0 Å². The summed E-state index contributed by atoms with van der Waals surface area (Å²) in [4.78, 5) is 14.6. The lowest BCUT2D eigenvalue weighted by Gasteiger charge is -2.57. The smallest absolute Gasteiger partial charge is 0.187 e. The predicted octanol–water partition coefficient (Wildman–Crippen LogP) is -1.65. The highest BCUT2D eigenvalue weighted by Gasteiger charge is 2.70. The average Bonchev–Trinajstić information content (AvgIpc) is 3.71. The number of hydrogen-bond donors (Lipinski definition) is 11. The summed E-state index contributed by atoms with van der Waals surface area (Å²) in [5.41, 5.74) is 0.263. The number of aliphatic hydroxyl groups is 11. The van der Waals surface area contributed by atoms with Crippen molar-refractivity contribution in [2.75, 3.05) is 19.8 Å². The number of aliphatic hydroxyl groups excluding tert-OH is 10. The lowest BCUT2D eigenvalue weighted by molar-refractivity contribution is -0.359. The van der Waals surface area contributed by atoms with Crippen molar-refractivity contribution in [3.8, 4) is 0 Å². The maximum absolute atomic E-state index is 14.6. The Bertz CT molecular complexity index is 1680. The Morgan fingerprint density at radius 3 is 2.05 bits per heavy atom. The van der Waals surface area contributed by atoms with Gasteiger partial charge in [-0.3, -0.25) is 4.79 Å². The highest BCUT2D eigenvalue weighted by Crippen LogP contribution is 2.69. The van der Waals surface area contributed by atoms with E-state index in [2.05, 4.69) is 19.9 Å². The Labute approximate surface area is 373 Å². The summed E-state index contributed by atoms with van der Waals surface area (Å²) in [5.74, 6) is -1.44. The highest BCUT2D eigenvalue weighted by atomic mass is 16.7. The second-order valence-corrected chi connectivity index (χ2v) is 20.9. The molecular weight excluding hydrogens is 844 g/mol. The van der Waals surface area contributed by atoms with Gasteiger partial charge in [-0.15, -0.1) is 0 Å². The summed E-state index contributed by atoms with van der Waals surface area (Å²) in [6.45, 7) is 8.75. The number of rotatable bonds is 12. The molecule has 4 saturated heterocycles. The fourth-order valence-electron chi connectivity index (χ4n) is 13.2. The van der Waals surface area contributed by atoms with Crippen LogP contribution in [0.3, 0.4) is 0 Å². The molecule has 19 nitrogen and oxygen atoms in total. The van der Waals surface area contributed by atoms with Crippen LogP contribution in [0.2, 0.25) is 0 Å². The molecular formula is C45H72O19.